The molecule has 0 bridgehead atoms. The molecule has 2 rings (SSSR count). The lowest BCUT2D eigenvalue weighted by Crippen LogP contribution is -2.34. The molecule has 0 aromatic rings. The van der Waals surface area contributed by atoms with Crippen molar-refractivity contribution in [2.24, 2.45) is 5.92 Å². The summed E-state index contributed by atoms with van der Waals surface area (Å²) in [5, 5.41) is 1.00. The van der Waals surface area contributed by atoms with Crippen LogP contribution in [-0.4, -0.2) is 58.4 Å². The van der Waals surface area contributed by atoms with Crippen LogP contribution in [0.4, 0.5) is 0 Å². The molecule has 4 amide bonds. The van der Waals surface area contributed by atoms with Gasteiger partial charge in [0.15, 0.2) is 0 Å². The van der Waals surface area contributed by atoms with Gasteiger partial charge in [-0.2, -0.15) is 0 Å². The summed E-state index contributed by atoms with van der Waals surface area (Å²) in [6.07, 6.45) is 0.337. The lowest BCUT2D eigenvalue weighted by atomic mass is 10.1. The fourth-order valence-electron chi connectivity index (χ4n) is 2.61. The number of hydrogen-bond donors (Lipinski definition) is 0. The van der Waals surface area contributed by atoms with E-state index in [1.54, 1.807) is 13.8 Å². The van der Waals surface area contributed by atoms with Gasteiger partial charge in [0.05, 0.1) is 18.4 Å². The molecule has 2 heterocycles. The van der Waals surface area contributed by atoms with Gasteiger partial charge < -0.3 is 14.4 Å². The maximum absolute atomic E-state index is 12.0. The van der Waals surface area contributed by atoms with E-state index in [0.717, 1.165) is 0 Å². The average molecular weight is 412 g/mol. The molecule has 160 valence electrons. The van der Waals surface area contributed by atoms with Crippen LogP contribution >= 0.6 is 0 Å². The van der Waals surface area contributed by atoms with Crippen molar-refractivity contribution in [3.8, 4) is 0 Å². The summed E-state index contributed by atoms with van der Waals surface area (Å²) in [6.45, 7) is 3.50. The van der Waals surface area contributed by atoms with Crippen LogP contribution in [0, 0.1) is 5.92 Å². The van der Waals surface area contributed by atoms with Crippen LogP contribution in [0.25, 0.3) is 0 Å². The van der Waals surface area contributed by atoms with Crippen molar-refractivity contribution < 1.29 is 43.2 Å². The monoisotopic (exact) mass is 412 g/mol. The van der Waals surface area contributed by atoms with Crippen LogP contribution in [-0.2, 0) is 43.2 Å². The largest absolute Gasteiger partial charge is 0.378 e. The van der Waals surface area contributed by atoms with Crippen molar-refractivity contribution in [2.45, 2.75) is 64.9 Å². The van der Waals surface area contributed by atoms with Crippen LogP contribution in [0.1, 0.15) is 58.8 Å². The predicted molar refractivity (Wildman–Crippen MR) is 92.8 cm³/mol. The van der Waals surface area contributed by atoms with E-state index in [-0.39, 0.29) is 44.8 Å². The highest BCUT2D eigenvalue weighted by Crippen LogP contribution is 2.16. The van der Waals surface area contributed by atoms with Crippen molar-refractivity contribution in [1.82, 2.24) is 10.1 Å². The van der Waals surface area contributed by atoms with E-state index >= 15 is 0 Å². The number of amides is 4. The minimum absolute atomic E-state index is 0.0314. The minimum atomic E-state index is -0.707. The molecule has 0 aliphatic carbocycles. The molecule has 2 aliphatic rings. The molecule has 0 spiro atoms. The smallest absolute Gasteiger partial charge is 0.336 e. The van der Waals surface area contributed by atoms with Crippen molar-refractivity contribution in [2.75, 3.05) is 6.61 Å². The molecule has 0 radical (unpaired) electrons. The molecule has 2 fully saturated rings. The fraction of sp³-hybridized carbons (Fsp3) is 0.667. The Hall–Kier alpha value is -2.82. The van der Waals surface area contributed by atoms with E-state index < -0.39 is 41.5 Å². The molecule has 29 heavy (non-hydrogen) atoms. The second kappa shape index (κ2) is 10.1. The first kappa shape index (κ1) is 22.5. The summed E-state index contributed by atoms with van der Waals surface area (Å²) < 4.78 is 5.53. The van der Waals surface area contributed by atoms with Crippen LogP contribution in [0.3, 0.4) is 0 Å². The number of nitrogens with zero attached hydrogens (tertiary/aromatic N) is 2. The third-order valence-electron chi connectivity index (χ3n) is 4.50. The van der Waals surface area contributed by atoms with Crippen molar-refractivity contribution in [1.29, 1.82) is 0 Å². The molecule has 2 saturated heterocycles. The third-order valence-corrected chi connectivity index (χ3v) is 4.50. The molecule has 11 nitrogen and oxygen atoms in total. The van der Waals surface area contributed by atoms with E-state index in [9.17, 15) is 28.8 Å². The predicted octanol–water partition coefficient (Wildman–Crippen LogP) is 0.412. The topological polar surface area (TPSA) is 137 Å². The Labute approximate surface area is 167 Å². The number of rotatable bonds is 10. The van der Waals surface area contributed by atoms with Gasteiger partial charge in [-0.15, -0.1) is 10.1 Å². The van der Waals surface area contributed by atoms with E-state index in [0.29, 0.717) is 23.0 Å². The van der Waals surface area contributed by atoms with E-state index in [4.69, 9.17) is 14.4 Å². The Morgan fingerprint density at radius 2 is 1.31 bits per heavy atom. The third kappa shape index (κ3) is 6.34. The molecule has 0 N–H and O–H groups in total. The molecule has 0 aromatic heterocycles. The van der Waals surface area contributed by atoms with Gasteiger partial charge >= 0.3 is 11.9 Å². The van der Waals surface area contributed by atoms with E-state index in [2.05, 4.69) is 0 Å². The zero-order valence-corrected chi connectivity index (χ0v) is 16.4. The highest BCUT2D eigenvalue weighted by Gasteiger charge is 2.34. The Bertz CT molecular complexity index is 673. The second-order valence-corrected chi connectivity index (χ2v) is 6.95. The normalized spacial score (nSPS) is 19.0. The molecular formula is C18H24N2O9. The maximum Gasteiger partial charge on any atom is 0.336 e. The van der Waals surface area contributed by atoms with Gasteiger partial charge in [-0.1, -0.05) is 6.92 Å². The summed E-state index contributed by atoms with van der Waals surface area (Å²) >= 11 is 0. The molecule has 2 aliphatic heterocycles. The Balaban J connectivity index is 1.61. The summed E-state index contributed by atoms with van der Waals surface area (Å²) in [7, 11) is 0. The van der Waals surface area contributed by atoms with Crippen LogP contribution < -0.4 is 0 Å². The van der Waals surface area contributed by atoms with Gasteiger partial charge in [0.25, 0.3) is 23.6 Å². The van der Waals surface area contributed by atoms with Gasteiger partial charge in [0, 0.05) is 32.3 Å². The van der Waals surface area contributed by atoms with E-state index in [1.165, 1.54) is 0 Å². The highest BCUT2D eigenvalue weighted by atomic mass is 16.7. The van der Waals surface area contributed by atoms with Gasteiger partial charge in [-0.3, -0.25) is 19.2 Å². The maximum atomic E-state index is 12.0. The summed E-state index contributed by atoms with van der Waals surface area (Å²) in [4.78, 5) is 78.9. The van der Waals surface area contributed by atoms with Gasteiger partial charge in [-0.25, -0.2) is 9.59 Å². The summed E-state index contributed by atoms with van der Waals surface area (Å²) in [6, 6.07) is 0. The lowest BCUT2D eigenvalue weighted by Gasteiger charge is -2.18. The average Bonchev–Trinajstić information content (AvgIpc) is 3.16. The fourth-order valence-corrected chi connectivity index (χ4v) is 2.61. The number of carbonyl (C=O) groups is 6. The van der Waals surface area contributed by atoms with Crippen LogP contribution in [0.5, 0.6) is 0 Å². The highest BCUT2D eigenvalue weighted by molar-refractivity contribution is 6.02. The summed E-state index contributed by atoms with van der Waals surface area (Å²) in [5.74, 6) is -4.15. The first-order valence-corrected chi connectivity index (χ1v) is 9.44. The molecular weight excluding hydrogens is 388 g/mol. The van der Waals surface area contributed by atoms with Gasteiger partial charge in [-0.05, 0) is 19.8 Å². The Kier molecular flexibility index (Phi) is 7.82. The van der Waals surface area contributed by atoms with Crippen LogP contribution in [0.15, 0.2) is 0 Å². The molecule has 0 saturated carbocycles. The number of ether oxygens (including phenoxy) is 1. The summed E-state index contributed by atoms with van der Waals surface area (Å²) in [5.41, 5.74) is 0. The zero-order chi connectivity index (χ0) is 21.6. The van der Waals surface area contributed by atoms with Crippen LogP contribution in [0.2, 0.25) is 0 Å². The first-order chi connectivity index (χ1) is 13.7. The number of carbonyl (C=O) groups excluding carboxylic acids is 6. The second-order valence-electron chi connectivity index (χ2n) is 6.95. The van der Waals surface area contributed by atoms with Gasteiger partial charge in [0.2, 0.25) is 0 Å². The quantitative estimate of drug-likeness (QED) is 0.467. The SMILES string of the molecule is CC(CCC(=O)ON1C(=O)CCC1=O)OCCC(C)C(=O)ON1C(=O)CCC1=O. The number of hydroxylamine groups is 4. The Morgan fingerprint density at radius 1 is 0.828 bits per heavy atom. The van der Waals surface area contributed by atoms with Gasteiger partial charge in [0.1, 0.15) is 0 Å². The molecule has 0 aromatic carbocycles. The van der Waals surface area contributed by atoms with Crippen molar-refractivity contribution >= 4 is 35.6 Å². The standard InChI is InChI=1S/C18H24N2O9/c1-11(18(26)29-20-15(23)6-7-16(20)24)9-10-27-12(2)3-8-17(25)28-19-13(21)4-5-14(19)22/h11-12H,3-10H2,1-2H3. The minimum Gasteiger partial charge on any atom is -0.378 e. The molecule has 2 unspecified atom stereocenters. The molecule has 2 atom stereocenters. The zero-order valence-electron chi connectivity index (χ0n) is 16.4. The first-order valence-electron chi connectivity index (χ1n) is 9.44. The lowest BCUT2D eigenvalue weighted by molar-refractivity contribution is -0.200. The molecule has 11 heteroatoms. The van der Waals surface area contributed by atoms with E-state index in [1.807, 2.05) is 0 Å². The Morgan fingerprint density at radius 3 is 1.83 bits per heavy atom. The number of imide groups is 2. The van der Waals surface area contributed by atoms with Crippen molar-refractivity contribution in [3.63, 3.8) is 0 Å². The van der Waals surface area contributed by atoms with Crippen molar-refractivity contribution in [3.05, 3.63) is 0 Å². The number of hydrogen-bond acceptors (Lipinski definition) is 9.